The smallest absolute Gasteiger partial charge is 0.264 e. The van der Waals surface area contributed by atoms with Crippen LogP contribution in [-0.4, -0.2) is 50.7 Å². The van der Waals surface area contributed by atoms with E-state index in [0.29, 0.717) is 24.1 Å². The molecule has 1 saturated heterocycles. The Morgan fingerprint density at radius 2 is 1.60 bits per heavy atom. The van der Waals surface area contributed by atoms with E-state index in [9.17, 15) is 0 Å². The standard InChI is InChI=1S/C34H35N3O6/c1-38-29-11-7-6-10-28(29)34-36-32(43-37-34)21-41-24-14-12-22(13-15-24)25-16-17-35-19-31(25)42-20-23-18-30(39-2)26-8-4-5-9-27(26)33(23)40-3/h4-15,18,25,31,35H,16-17,19-21H2,1-3H3. The molecule has 0 radical (unpaired) electrons. The summed E-state index contributed by atoms with van der Waals surface area (Å²) in [6.45, 7) is 2.27. The number of methoxy groups -OCH3 is 3. The highest BCUT2D eigenvalue weighted by atomic mass is 16.5. The maximum Gasteiger partial charge on any atom is 0.264 e. The first-order valence-corrected chi connectivity index (χ1v) is 14.3. The SMILES string of the molecule is COc1ccccc1-c1noc(COc2ccc(C3CCNCC3OCc3cc(OC)c4ccccc4c3OC)cc2)n1. The minimum atomic E-state index is -0.00511. The summed E-state index contributed by atoms with van der Waals surface area (Å²) in [6.07, 6.45) is 0.964. The third-order valence-corrected chi connectivity index (χ3v) is 7.82. The molecule has 9 nitrogen and oxygen atoms in total. The first-order valence-electron chi connectivity index (χ1n) is 14.3. The zero-order valence-corrected chi connectivity index (χ0v) is 24.5. The van der Waals surface area contributed by atoms with Gasteiger partial charge in [-0.2, -0.15) is 4.98 Å². The Labute approximate surface area is 250 Å². The molecule has 222 valence electrons. The molecule has 1 aliphatic heterocycles. The highest BCUT2D eigenvalue weighted by Gasteiger charge is 2.28. The van der Waals surface area contributed by atoms with Crippen LogP contribution < -0.4 is 24.3 Å². The third kappa shape index (κ3) is 6.14. The zero-order chi connectivity index (χ0) is 29.6. The molecule has 0 bridgehead atoms. The van der Waals surface area contributed by atoms with Crippen molar-refractivity contribution >= 4 is 10.8 Å². The van der Waals surface area contributed by atoms with Gasteiger partial charge in [0.15, 0.2) is 6.61 Å². The van der Waals surface area contributed by atoms with Crippen LogP contribution in [0, 0.1) is 0 Å². The van der Waals surface area contributed by atoms with Crippen molar-refractivity contribution in [1.82, 2.24) is 15.5 Å². The first kappa shape index (κ1) is 28.5. The lowest BCUT2D eigenvalue weighted by molar-refractivity contribution is 0.00983. The van der Waals surface area contributed by atoms with Crippen LogP contribution in [0.1, 0.15) is 29.4 Å². The van der Waals surface area contributed by atoms with Crippen molar-refractivity contribution in [3.05, 3.63) is 95.9 Å². The monoisotopic (exact) mass is 581 g/mol. The average Bonchev–Trinajstić information content (AvgIpc) is 3.55. The largest absolute Gasteiger partial charge is 0.496 e. The molecule has 0 saturated carbocycles. The van der Waals surface area contributed by atoms with Crippen molar-refractivity contribution in [2.24, 2.45) is 0 Å². The minimum Gasteiger partial charge on any atom is -0.496 e. The second-order valence-electron chi connectivity index (χ2n) is 10.3. The summed E-state index contributed by atoms with van der Waals surface area (Å²) in [5, 5.41) is 9.59. The molecule has 1 N–H and O–H groups in total. The molecule has 1 aromatic heterocycles. The number of para-hydroxylation sites is 1. The molecule has 5 aromatic rings. The molecule has 1 aliphatic rings. The topological polar surface area (TPSA) is 97.1 Å². The Morgan fingerprint density at radius 3 is 2.40 bits per heavy atom. The van der Waals surface area contributed by atoms with Crippen molar-refractivity contribution < 1.29 is 28.2 Å². The second-order valence-corrected chi connectivity index (χ2v) is 10.3. The van der Waals surface area contributed by atoms with E-state index in [-0.39, 0.29) is 18.6 Å². The van der Waals surface area contributed by atoms with Crippen molar-refractivity contribution in [2.75, 3.05) is 34.4 Å². The number of aromatic nitrogens is 2. The molecule has 0 amide bonds. The van der Waals surface area contributed by atoms with Crippen molar-refractivity contribution in [2.45, 2.75) is 31.7 Å². The van der Waals surface area contributed by atoms with Gasteiger partial charge in [-0.05, 0) is 48.9 Å². The van der Waals surface area contributed by atoms with Gasteiger partial charge in [0.2, 0.25) is 5.82 Å². The lowest BCUT2D eigenvalue weighted by atomic mass is 9.87. The molecule has 6 rings (SSSR count). The average molecular weight is 582 g/mol. The van der Waals surface area contributed by atoms with Gasteiger partial charge in [-0.1, -0.05) is 53.7 Å². The lowest BCUT2D eigenvalue weighted by Gasteiger charge is -2.33. The molecule has 0 spiro atoms. The quantitative estimate of drug-likeness (QED) is 0.197. The Hall–Kier alpha value is -4.60. The summed E-state index contributed by atoms with van der Waals surface area (Å²) in [7, 11) is 5.00. The molecular weight excluding hydrogens is 546 g/mol. The summed E-state index contributed by atoms with van der Waals surface area (Å²) in [5.74, 6) is 4.11. The van der Waals surface area contributed by atoms with Gasteiger partial charge in [0, 0.05) is 28.8 Å². The number of hydrogen-bond donors (Lipinski definition) is 1. The number of benzene rings is 4. The summed E-state index contributed by atoms with van der Waals surface area (Å²) in [5.41, 5.74) is 2.93. The first-order chi connectivity index (χ1) is 21.2. The Bertz CT molecular complexity index is 1670. The predicted molar refractivity (Wildman–Crippen MR) is 163 cm³/mol. The Kier molecular flexibility index (Phi) is 8.72. The lowest BCUT2D eigenvalue weighted by Crippen LogP contribution is -2.41. The summed E-state index contributed by atoms with van der Waals surface area (Å²) in [4.78, 5) is 4.47. The van der Waals surface area contributed by atoms with Gasteiger partial charge >= 0.3 is 0 Å². The number of rotatable bonds is 11. The van der Waals surface area contributed by atoms with Crippen molar-refractivity contribution in [1.29, 1.82) is 0 Å². The zero-order valence-electron chi connectivity index (χ0n) is 24.5. The molecule has 1 fully saturated rings. The second kappa shape index (κ2) is 13.1. The molecule has 9 heteroatoms. The summed E-state index contributed by atoms with van der Waals surface area (Å²) in [6, 6.07) is 25.8. The van der Waals surface area contributed by atoms with E-state index in [1.165, 1.54) is 5.56 Å². The van der Waals surface area contributed by atoms with Crippen LogP contribution in [0.5, 0.6) is 23.0 Å². The maximum absolute atomic E-state index is 6.55. The number of nitrogens with one attached hydrogen (secondary N) is 1. The number of ether oxygens (including phenoxy) is 5. The fourth-order valence-electron chi connectivity index (χ4n) is 5.68. The van der Waals surface area contributed by atoms with Crippen LogP contribution in [0.25, 0.3) is 22.2 Å². The van der Waals surface area contributed by atoms with E-state index in [4.69, 9.17) is 28.2 Å². The molecule has 2 unspecified atom stereocenters. The molecule has 2 atom stereocenters. The van der Waals surface area contributed by atoms with Crippen LogP contribution in [0.15, 0.2) is 83.4 Å². The van der Waals surface area contributed by atoms with Crippen molar-refractivity contribution in [3.8, 4) is 34.4 Å². The van der Waals surface area contributed by atoms with Crippen LogP contribution in [0.3, 0.4) is 0 Å². The van der Waals surface area contributed by atoms with E-state index < -0.39 is 0 Å². The van der Waals surface area contributed by atoms with Gasteiger partial charge in [0.25, 0.3) is 5.89 Å². The van der Waals surface area contributed by atoms with Crippen LogP contribution in [0.2, 0.25) is 0 Å². The van der Waals surface area contributed by atoms with Crippen LogP contribution >= 0.6 is 0 Å². The predicted octanol–water partition coefficient (Wildman–Crippen LogP) is 6.16. The third-order valence-electron chi connectivity index (χ3n) is 7.82. The molecule has 43 heavy (non-hydrogen) atoms. The van der Waals surface area contributed by atoms with Gasteiger partial charge in [-0.15, -0.1) is 0 Å². The molecule has 0 aliphatic carbocycles. The van der Waals surface area contributed by atoms with E-state index >= 15 is 0 Å². The van der Waals surface area contributed by atoms with Gasteiger partial charge in [-0.3, -0.25) is 0 Å². The number of nitrogens with zero attached hydrogens (tertiary/aromatic N) is 2. The number of piperidine rings is 1. The molecule has 2 heterocycles. The molecular formula is C34H35N3O6. The Morgan fingerprint density at radius 1 is 0.837 bits per heavy atom. The van der Waals surface area contributed by atoms with Crippen molar-refractivity contribution in [3.63, 3.8) is 0 Å². The maximum atomic E-state index is 6.55. The number of fused-ring (bicyclic) bond motifs is 1. The van der Waals surface area contributed by atoms with E-state index in [0.717, 1.165) is 58.7 Å². The van der Waals surface area contributed by atoms with E-state index in [1.807, 2.05) is 66.7 Å². The van der Waals surface area contributed by atoms with Crippen LogP contribution in [-0.2, 0) is 18.0 Å². The van der Waals surface area contributed by atoms with Gasteiger partial charge in [-0.25, -0.2) is 0 Å². The number of hydrogen-bond acceptors (Lipinski definition) is 9. The fraction of sp³-hybridized carbons (Fsp3) is 0.294. The van der Waals surface area contributed by atoms with Crippen LogP contribution in [0.4, 0.5) is 0 Å². The van der Waals surface area contributed by atoms with Gasteiger partial charge in [0.05, 0.1) is 39.6 Å². The van der Waals surface area contributed by atoms with E-state index in [2.05, 4.69) is 27.6 Å². The molecule has 4 aromatic carbocycles. The summed E-state index contributed by atoms with van der Waals surface area (Å²) < 4.78 is 34.8. The highest BCUT2D eigenvalue weighted by molar-refractivity contribution is 5.94. The minimum absolute atomic E-state index is 0.00511. The highest BCUT2D eigenvalue weighted by Crippen LogP contribution is 2.38. The van der Waals surface area contributed by atoms with Gasteiger partial charge in [0.1, 0.15) is 23.0 Å². The Balaban J connectivity index is 1.11. The normalized spacial score (nSPS) is 16.6. The van der Waals surface area contributed by atoms with E-state index in [1.54, 1.807) is 21.3 Å². The van der Waals surface area contributed by atoms with Gasteiger partial charge < -0.3 is 33.5 Å². The summed E-state index contributed by atoms with van der Waals surface area (Å²) >= 11 is 0. The fourth-order valence-corrected chi connectivity index (χ4v) is 5.68.